The van der Waals surface area contributed by atoms with Crippen LogP contribution in [0.4, 0.5) is 9.18 Å². The average molecular weight is 396 g/mol. The lowest BCUT2D eigenvalue weighted by atomic mass is 9.74. The first kappa shape index (κ1) is 21.4. The Morgan fingerprint density at radius 2 is 1.93 bits per heavy atom. The van der Waals surface area contributed by atoms with Gasteiger partial charge in [0.15, 0.2) is 0 Å². The minimum absolute atomic E-state index is 0. The van der Waals surface area contributed by atoms with E-state index in [2.05, 4.69) is 10.6 Å². The molecule has 0 aromatic heterocycles. The van der Waals surface area contributed by atoms with Gasteiger partial charge in [-0.2, -0.15) is 0 Å². The molecule has 1 unspecified atom stereocenters. The van der Waals surface area contributed by atoms with E-state index in [1.165, 1.54) is 11.0 Å². The molecule has 0 radical (unpaired) electrons. The van der Waals surface area contributed by atoms with Gasteiger partial charge in [0.25, 0.3) is 5.91 Å². The van der Waals surface area contributed by atoms with Crippen LogP contribution in [-0.2, 0) is 11.2 Å². The van der Waals surface area contributed by atoms with Crippen LogP contribution in [0, 0.1) is 11.7 Å². The van der Waals surface area contributed by atoms with E-state index in [-0.39, 0.29) is 49.0 Å². The van der Waals surface area contributed by atoms with Gasteiger partial charge in [0, 0.05) is 13.0 Å². The monoisotopic (exact) mass is 395 g/mol. The van der Waals surface area contributed by atoms with Gasteiger partial charge < -0.3 is 10.6 Å². The standard InChI is InChI=1S/C20H26FN3O2.ClH/c1-14(2)9-12-24-18(25)20(23-19(24)26,16-7-10-22-11-8-16)13-15-5-3-4-6-17(15)21;/h3-6,9,16,22H,7-8,10-13H2,1-2H3,(H,23,26);1H. The lowest BCUT2D eigenvalue weighted by Gasteiger charge is -2.38. The summed E-state index contributed by atoms with van der Waals surface area (Å²) in [6.07, 6.45) is 3.59. The highest BCUT2D eigenvalue weighted by molar-refractivity contribution is 6.07. The number of amides is 3. The van der Waals surface area contributed by atoms with Crippen molar-refractivity contribution in [3.63, 3.8) is 0 Å². The van der Waals surface area contributed by atoms with Crippen molar-refractivity contribution in [1.82, 2.24) is 15.5 Å². The smallest absolute Gasteiger partial charge is 0.322 e. The minimum Gasteiger partial charge on any atom is -0.322 e. The topological polar surface area (TPSA) is 61.4 Å². The molecule has 27 heavy (non-hydrogen) atoms. The Labute approximate surface area is 165 Å². The van der Waals surface area contributed by atoms with Gasteiger partial charge in [-0.3, -0.25) is 9.69 Å². The van der Waals surface area contributed by atoms with Gasteiger partial charge in [-0.15, -0.1) is 12.4 Å². The third-order valence-corrected chi connectivity index (χ3v) is 5.35. The van der Waals surface area contributed by atoms with Gasteiger partial charge >= 0.3 is 6.03 Å². The quantitative estimate of drug-likeness (QED) is 0.595. The molecule has 148 valence electrons. The van der Waals surface area contributed by atoms with E-state index in [1.54, 1.807) is 18.2 Å². The predicted molar refractivity (Wildman–Crippen MR) is 105 cm³/mol. The first-order valence-corrected chi connectivity index (χ1v) is 9.15. The SMILES string of the molecule is CC(C)=CCN1C(=O)NC(Cc2ccccc2F)(C2CCNCC2)C1=O.Cl. The molecule has 2 aliphatic rings. The predicted octanol–water partition coefficient (Wildman–Crippen LogP) is 3.05. The first-order chi connectivity index (χ1) is 12.4. The van der Waals surface area contributed by atoms with Crippen LogP contribution in [0.25, 0.3) is 0 Å². The number of nitrogens with one attached hydrogen (secondary N) is 2. The Balaban J connectivity index is 0.00000261. The Hall–Kier alpha value is -1.92. The zero-order valence-electron chi connectivity index (χ0n) is 15.8. The largest absolute Gasteiger partial charge is 0.325 e. The van der Waals surface area contributed by atoms with Gasteiger partial charge in [0.1, 0.15) is 11.4 Å². The number of halogens is 2. The van der Waals surface area contributed by atoms with Gasteiger partial charge in [0.05, 0.1) is 0 Å². The van der Waals surface area contributed by atoms with Crippen molar-refractivity contribution in [3.05, 3.63) is 47.3 Å². The summed E-state index contributed by atoms with van der Waals surface area (Å²) in [5.74, 6) is -0.600. The van der Waals surface area contributed by atoms with Gasteiger partial charge in [0.2, 0.25) is 0 Å². The lowest BCUT2D eigenvalue weighted by Crippen LogP contribution is -2.57. The molecule has 0 aliphatic carbocycles. The molecule has 1 aromatic rings. The van der Waals surface area contributed by atoms with Crippen molar-refractivity contribution in [2.24, 2.45) is 5.92 Å². The number of carbonyl (C=O) groups excluding carboxylic acids is 2. The van der Waals surface area contributed by atoms with Crippen molar-refractivity contribution < 1.29 is 14.0 Å². The Kier molecular flexibility index (Phi) is 7.00. The summed E-state index contributed by atoms with van der Waals surface area (Å²) in [5, 5.41) is 6.24. The Morgan fingerprint density at radius 3 is 2.56 bits per heavy atom. The molecule has 7 heteroatoms. The van der Waals surface area contributed by atoms with Crippen molar-refractivity contribution in [3.8, 4) is 0 Å². The minimum atomic E-state index is -1.07. The number of benzene rings is 1. The molecule has 1 atom stereocenters. The van der Waals surface area contributed by atoms with Gasteiger partial charge in [-0.05, 0) is 57.3 Å². The maximum atomic E-state index is 14.3. The highest BCUT2D eigenvalue weighted by Gasteiger charge is 2.55. The maximum Gasteiger partial charge on any atom is 0.325 e. The third-order valence-electron chi connectivity index (χ3n) is 5.35. The molecule has 0 bridgehead atoms. The van der Waals surface area contributed by atoms with Crippen molar-refractivity contribution >= 4 is 24.3 Å². The second kappa shape index (κ2) is 8.85. The highest BCUT2D eigenvalue weighted by Crippen LogP contribution is 2.35. The summed E-state index contributed by atoms with van der Waals surface area (Å²) in [6, 6.07) is 6.09. The highest BCUT2D eigenvalue weighted by atomic mass is 35.5. The number of allylic oxidation sites excluding steroid dienone is 1. The second-order valence-electron chi connectivity index (χ2n) is 7.39. The van der Waals surface area contributed by atoms with E-state index in [0.29, 0.717) is 5.56 Å². The van der Waals surface area contributed by atoms with E-state index in [4.69, 9.17) is 0 Å². The molecule has 3 amide bonds. The summed E-state index contributed by atoms with van der Waals surface area (Å²) in [4.78, 5) is 27.2. The number of urea groups is 1. The average Bonchev–Trinajstić information content (AvgIpc) is 2.87. The number of piperidine rings is 1. The van der Waals surface area contributed by atoms with Crippen LogP contribution >= 0.6 is 12.4 Å². The molecule has 3 rings (SSSR count). The van der Waals surface area contributed by atoms with E-state index in [1.807, 2.05) is 19.9 Å². The number of hydrogen-bond acceptors (Lipinski definition) is 3. The zero-order valence-corrected chi connectivity index (χ0v) is 16.6. The molecule has 2 N–H and O–H groups in total. The molecule has 2 saturated heterocycles. The van der Waals surface area contributed by atoms with E-state index >= 15 is 0 Å². The van der Waals surface area contributed by atoms with Crippen LogP contribution < -0.4 is 10.6 Å². The molecule has 2 heterocycles. The number of imide groups is 1. The number of rotatable bonds is 5. The van der Waals surface area contributed by atoms with Crippen LogP contribution in [0.2, 0.25) is 0 Å². The number of carbonyl (C=O) groups is 2. The van der Waals surface area contributed by atoms with Crippen LogP contribution in [0.1, 0.15) is 32.3 Å². The van der Waals surface area contributed by atoms with Crippen molar-refractivity contribution in [1.29, 1.82) is 0 Å². The molecule has 5 nitrogen and oxygen atoms in total. The van der Waals surface area contributed by atoms with Gasteiger partial charge in [-0.1, -0.05) is 29.8 Å². The number of nitrogens with zero attached hydrogens (tertiary/aromatic N) is 1. The summed E-state index contributed by atoms with van der Waals surface area (Å²) >= 11 is 0. The fraction of sp³-hybridized carbons (Fsp3) is 0.500. The van der Waals surface area contributed by atoms with E-state index < -0.39 is 5.54 Å². The third kappa shape index (κ3) is 4.33. The van der Waals surface area contributed by atoms with Crippen LogP contribution in [0.15, 0.2) is 35.9 Å². The molecule has 1 aromatic carbocycles. The molecule has 0 spiro atoms. The number of hydrogen-bond donors (Lipinski definition) is 2. The zero-order chi connectivity index (χ0) is 18.7. The van der Waals surface area contributed by atoms with Crippen LogP contribution in [0.5, 0.6) is 0 Å². The fourth-order valence-electron chi connectivity index (χ4n) is 3.88. The van der Waals surface area contributed by atoms with Crippen molar-refractivity contribution in [2.75, 3.05) is 19.6 Å². The Bertz CT molecular complexity index is 730. The fourth-order valence-corrected chi connectivity index (χ4v) is 3.88. The molecular formula is C20H27ClFN3O2. The molecular weight excluding hydrogens is 369 g/mol. The summed E-state index contributed by atoms with van der Waals surface area (Å²) in [7, 11) is 0. The van der Waals surface area contributed by atoms with Gasteiger partial charge in [-0.25, -0.2) is 9.18 Å². The van der Waals surface area contributed by atoms with Crippen LogP contribution in [-0.4, -0.2) is 42.0 Å². The van der Waals surface area contributed by atoms with E-state index in [0.717, 1.165) is 31.5 Å². The molecule has 2 fully saturated rings. The van der Waals surface area contributed by atoms with Crippen LogP contribution in [0.3, 0.4) is 0 Å². The normalized spacial score (nSPS) is 23.0. The molecule has 2 aliphatic heterocycles. The van der Waals surface area contributed by atoms with Crippen molar-refractivity contribution in [2.45, 2.75) is 38.6 Å². The maximum absolute atomic E-state index is 14.3. The molecule has 0 saturated carbocycles. The Morgan fingerprint density at radius 1 is 1.26 bits per heavy atom. The first-order valence-electron chi connectivity index (χ1n) is 9.15. The summed E-state index contributed by atoms with van der Waals surface area (Å²) < 4.78 is 14.3. The summed E-state index contributed by atoms with van der Waals surface area (Å²) in [5.41, 5.74) is 0.430. The lowest BCUT2D eigenvalue weighted by molar-refractivity contribution is -0.133. The van der Waals surface area contributed by atoms with E-state index in [9.17, 15) is 14.0 Å². The second-order valence-corrected chi connectivity index (χ2v) is 7.39. The summed E-state index contributed by atoms with van der Waals surface area (Å²) in [6.45, 7) is 5.69.